The van der Waals surface area contributed by atoms with Gasteiger partial charge < -0.3 is 0 Å². The van der Waals surface area contributed by atoms with Gasteiger partial charge in [0.15, 0.2) is 0 Å². The van der Waals surface area contributed by atoms with Crippen LogP contribution < -0.4 is 10.4 Å². The van der Waals surface area contributed by atoms with E-state index < -0.39 is 16.1 Å². The first-order valence-corrected chi connectivity index (χ1v) is 23.2. The lowest BCUT2D eigenvalue weighted by Gasteiger charge is -2.23. The van der Waals surface area contributed by atoms with Crippen LogP contribution in [-0.4, -0.2) is 16.1 Å². The monoisotopic (exact) mass is 646 g/mol. The van der Waals surface area contributed by atoms with E-state index in [1.165, 1.54) is 86.1 Å². The summed E-state index contributed by atoms with van der Waals surface area (Å²) in [5, 5.41) is 19.4. The predicted octanol–water partition coefficient (Wildman–Crippen LogP) is 11.8. The number of hydrogen-bond acceptors (Lipinski definition) is 0. The number of benzene rings is 9. The molecule has 0 fully saturated rings. The standard InChI is InChI=1S/C46H38Si2/c1-47(2,41-25-21-37-17-15-33-7-5-9-35-19-23-39(41)45(37)43(33)35)29-27-31-11-13-32(14-12-31)28-30-48(3,4)42-26-22-38-18-16-34-8-6-10-36-20-24-40(42)46(38)44(34)36/h5-30H,1-4H3/b29-27+,30-28+. The van der Waals surface area contributed by atoms with Gasteiger partial charge in [0.05, 0.1) is 0 Å². The summed E-state index contributed by atoms with van der Waals surface area (Å²) in [4.78, 5) is 0. The van der Waals surface area contributed by atoms with Gasteiger partial charge in [-0.15, -0.1) is 0 Å². The van der Waals surface area contributed by atoms with Gasteiger partial charge in [0, 0.05) is 0 Å². The molecule has 2 heteroatoms. The van der Waals surface area contributed by atoms with Crippen LogP contribution in [0.25, 0.3) is 76.8 Å². The molecule has 9 rings (SSSR count). The van der Waals surface area contributed by atoms with Crippen LogP contribution in [0.2, 0.25) is 26.2 Å². The van der Waals surface area contributed by atoms with Crippen LogP contribution in [0.4, 0.5) is 0 Å². The number of hydrogen-bond donors (Lipinski definition) is 0. The molecule has 0 aliphatic rings. The van der Waals surface area contributed by atoms with Crippen LogP contribution in [0, 0.1) is 0 Å². The molecule has 48 heavy (non-hydrogen) atoms. The molecule has 9 aromatic carbocycles. The average molecular weight is 647 g/mol. The van der Waals surface area contributed by atoms with Crippen molar-refractivity contribution >= 4 is 103 Å². The number of rotatable bonds is 6. The van der Waals surface area contributed by atoms with E-state index in [-0.39, 0.29) is 0 Å². The first kappa shape index (κ1) is 29.1. The van der Waals surface area contributed by atoms with Crippen LogP contribution >= 0.6 is 0 Å². The molecular weight excluding hydrogens is 609 g/mol. The van der Waals surface area contributed by atoms with Crippen LogP contribution in [0.15, 0.2) is 145 Å². The lowest BCUT2D eigenvalue weighted by atomic mass is 9.94. The minimum atomic E-state index is -1.88. The molecule has 0 saturated carbocycles. The van der Waals surface area contributed by atoms with Gasteiger partial charge in [-0.25, -0.2) is 0 Å². The SMILES string of the molecule is C[Si](C)(/C=C/c1ccc(/C=C/[Si](C)(C)c2ccc3ccc4cccc5ccc2c3c45)cc1)c1ccc2ccc3cccc4ccc1c2c34. The van der Waals surface area contributed by atoms with Crippen molar-refractivity contribution in [2.75, 3.05) is 0 Å². The van der Waals surface area contributed by atoms with Gasteiger partial charge in [0.2, 0.25) is 0 Å². The highest BCUT2D eigenvalue weighted by Crippen LogP contribution is 2.36. The highest BCUT2D eigenvalue weighted by atomic mass is 28.3. The molecule has 0 aromatic heterocycles. The fourth-order valence-corrected chi connectivity index (χ4v) is 12.5. The third-order valence-corrected chi connectivity index (χ3v) is 16.4. The second kappa shape index (κ2) is 10.7. The van der Waals surface area contributed by atoms with Crippen LogP contribution in [0.3, 0.4) is 0 Å². The largest absolute Gasteiger partial charge is 0.105 e. The normalized spacial score (nSPS) is 13.2. The summed E-state index contributed by atoms with van der Waals surface area (Å²) < 4.78 is 0. The van der Waals surface area contributed by atoms with Gasteiger partial charge in [0.25, 0.3) is 0 Å². The summed E-state index contributed by atoms with van der Waals surface area (Å²) in [6.07, 6.45) is 4.70. The van der Waals surface area contributed by atoms with Crippen molar-refractivity contribution in [3.05, 3.63) is 156 Å². The van der Waals surface area contributed by atoms with Crippen LogP contribution in [0.5, 0.6) is 0 Å². The molecule has 0 saturated heterocycles. The molecule has 0 bridgehead atoms. The Morgan fingerprint density at radius 2 is 0.646 bits per heavy atom. The third kappa shape index (κ3) is 4.63. The first-order chi connectivity index (χ1) is 23.3. The van der Waals surface area contributed by atoms with Gasteiger partial charge >= 0.3 is 0 Å². The van der Waals surface area contributed by atoms with Crippen molar-refractivity contribution in [1.29, 1.82) is 0 Å². The second-order valence-electron chi connectivity index (χ2n) is 14.7. The summed E-state index contributed by atoms with van der Waals surface area (Å²) in [5.74, 6) is 0. The maximum atomic E-state index is 2.51. The van der Waals surface area contributed by atoms with Crippen molar-refractivity contribution in [1.82, 2.24) is 0 Å². The smallest absolute Gasteiger partial charge is 0.0897 e. The zero-order chi connectivity index (χ0) is 32.6. The highest BCUT2D eigenvalue weighted by molar-refractivity contribution is 6.96. The van der Waals surface area contributed by atoms with Crippen molar-refractivity contribution in [3.63, 3.8) is 0 Å². The lowest BCUT2D eigenvalue weighted by Crippen LogP contribution is -2.40. The predicted molar refractivity (Wildman–Crippen MR) is 219 cm³/mol. The van der Waals surface area contributed by atoms with E-state index in [2.05, 4.69) is 183 Å². The molecule has 0 radical (unpaired) electrons. The Bertz CT molecular complexity index is 2490. The molecule has 0 nitrogen and oxygen atoms in total. The fraction of sp³-hybridized carbons (Fsp3) is 0.0870. The molecule has 0 aliphatic carbocycles. The summed E-state index contributed by atoms with van der Waals surface area (Å²) in [7, 11) is -3.76. The Hall–Kier alpha value is -5.03. The molecule has 0 spiro atoms. The van der Waals surface area contributed by atoms with Crippen molar-refractivity contribution in [3.8, 4) is 0 Å². The quantitative estimate of drug-likeness (QED) is 0.125. The topological polar surface area (TPSA) is 0 Å². The Morgan fingerprint density at radius 1 is 0.333 bits per heavy atom. The molecule has 0 amide bonds. The molecule has 0 aliphatic heterocycles. The Morgan fingerprint density at radius 3 is 1.02 bits per heavy atom. The first-order valence-electron chi connectivity index (χ1n) is 17.1. The van der Waals surface area contributed by atoms with Gasteiger partial charge in [-0.2, -0.15) is 0 Å². The summed E-state index contributed by atoms with van der Waals surface area (Å²) >= 11 is 0. The zero-order valence-corrected chi connectivity index (χ0v) is 30.0. The Balaban J connectivity index is 0.997. The van der Waals surface area contributed by atoms with E-state index >= 15 is 0 Å². The van der Waals surface area contributed by atoms with Crippen LogP contribution in [0.1, 0.15) is 11.1 Å². The van der Waals surface area contributed by atoms with E-state index in [0.717, 1.165) is 0 Å². The van der Waals surface area contributed by atoms with Crippen molar-refractivity contribution in [2.24, 2.45) is 0 Å². The van der Waals surface area contributed by atoms with Crippen molar-refractivity contribution < 1.29 is 0 Å². The molecule has 0 unspecified atom stereocenters. The van der Waals surface area contributed by atoms with E-state index in [1.54, 1.807) is 0 Å². The van der Waals surface area contributed by atoms with E-state index in [4.69, 9.17) is 0 Å². The van der Waals surface area contributed by atoms with Crippen LogP contribution in [-0.2, 0) is 0 Å². The molecule has 0 atom stereocenters. The van der Waals surface area contributed by atoms with E-state index in [0.29, 0.717) is 0 Å². The van der Waals surface area contributed by atoms with Gasteiger partial charge in [-0.1, -0.05) is 183 Å². The third-order valence-electron chi connectivity index (χ3n) is 10.8. The molecule has 0 heterocycles. The van der Waals surface area contributed by atoms with E-state index in [9.17, 15) is 0 Å². The van der Waals surface area contributed by atoms with Gasteiger partial charge in [-0.05, 0) is 86.1 Å². The Labute approximate surface area is 284 Å². The minimum Gasteiger partial charge on any atom is -0.0897 e. The lowest BCUT2D eigenvalue weighted by molar-refractivity contribution is 1.62. The minimum absolute atomic E-state index is 1.26. The van der Waals surface area contributed by atoms with E-state index in [1.807, 2.05) is 0 Å². The average Bonchev–Trinajstić information content (AvgIpc) is 3.11. The highest BCUT2D eigenvalue weighted by Gasteiger charge is 2.25. The van der Waals surface area contributed by atoms with Gasteiger partial charge in [-0.3, -0.25) is 0 Å². The molecule has 230 valence electrons. The van der Waals surface area contributed by atoms with Gasteiger partial charge in [0.1, 0.15) is 16.1 Å². The molecular formula is C46H38Si2. The Kier molecular flexibility index (Phi) is 6.52. The molecule has 9 aromatic rings. The fourth-order valence-electron chi connectivity index (χ4n) is 8.10. The summed E-state index contributed by atoms with van der Waals surface area (Å²) in [6.45, 7) is 9.88. The van der Waals surface area contributed by atoms with Crippen molar-refractivity contribution in [2.45, 2.75) is 26.2 Å². The maximum absolute atomic E-state index is 2.51. The zero-order valence-electron chi connectivity index (χ0n) is 28.0. The second-order valence-corrected chi connectivity index (χ2v) is 23.3. The molecule has 0 N–H and O–H groups in total. The summed E-state index contributed by atoms with van der Waals surface area (Å²) in [6, 6.07) is 50.3. The maximum Gasteiger partial charge on any atom is 0.105 e. The summed E-state index contributed by atoms with van der Waals surface area (Å²) in [5.41, 5.74) is 7.53.